The minimum atomic E-state index is -0.660. The van der Waals surface area contributed by atoms with Gasteiger partial charge in [0.05, 0.1) is 25.1 Å². The summed E-state index contributed by atoms with van der Waals surface area (Å²) in [4.78, 5) is 24.9. The van der Waals surface area contributed by atoms with Crippen LogP contribution in [-0.2, 0) is 29.6 Å². The lowest BCUT2D eigenvalue weighted by atomic mass is 10.2. The lowest BCUT2D eigenvalue weighted by Crippen LogP contribution is -2.36. The highest BCUT2D eigenvalue weighted by atomic mass is 32.2. The van der Waals surface area contributed by atoms with Gasteiger partial charge < -0.3 is 24.7 Å². The second-order valence-corrected chi connectivity index (χ2v) is 8.92. The van der Waals surface area contributed by atoms with E-state index in [-0.39, 0.29) is 24.1 Å². The molecule has 9 nitrogen and oxygen atoms in total. The van der Waals surface area contributed by atoms with Gasteiger partial charge in [0.2, 0.25) is 5.91 Å². The minimum absolute atomic E-state index is 0.150. The van der Waals surface area contributed by atoms with Gasteiger partial charge >= 0.3 is 0 Å². The van der Waals surface area contributed by atoms with E-state index in [0.29, 0.717) is 28.2 Å². The highest BCUT2D eigenvalue weighted by Gasteiger charge is 2.17. The number of carbonyl (C=O) groups is 2. The van der Waals surface area contributed by atoms with Crippen LogP contribution in [0.1, 0.15) is 30.8 Å². The summed E-state index contributed by atoms with van der Waals surface area (Å²) < 4.78 is 12.8. The summed E-state index contributed by atoms with van der Waals surface area (Å²) in [7, 11) is 3.35. The van der Waals surface area contributed by atoms with Gasteiger partial charge in [-0.3, -0.25) is 9.59 Å². The lowest BCUT2D eigenvalue weighted by Gasteiger charge is -2.15. The Hall–Kier alpha value is -3.53. The molecule has 186 valence electrons. The van der Waals surface area contributed by atoms with Crippen molar-refractivity contribution in [2.24, 2.45) is 7.05 Å². The second-order valence-electron chi connectivity index (χ2n) is 7.97. The van der Waals surface area contributed by atoms with E-state index >= 15 is 0 Å². The molecule has 2 N–H and O–H groups in total. The van der Waals surface area contributed by atoms with E-state index in [9.17, 15) is 9.59 Å². The minimum Gasteiger partial charge on any atom is -0.495 e. The molecule has 1 heterocycles. The van der Waals surface area contributed by atoms with Crippen molar-refractivity contribution < 1.29 is 19.1 Å². The Morgan fingerprint density at radius 2 is 1.89 bits per heavy atom. The van der Waals surface area contributed by atoms with Crippen molar-refractivity contribution in [1.82, 2.24) is 20.1 Å². The van der Waals surface area contributed by atoms with E-state index in [0.717, 1.165) is 12.0 Å². The predicted molar refractivity (Wildman–Crippen MR) is 136 cm³/mol. The third-order valence-corrected chi connectivity index (χ3v) is 6.34. The number of rotatable bonds is 11. The number of thioether (sulfide) groups is 1. The molecule has 0 spiro atoms. The van der Waals surface area contributed by atoms with Crippen LogP contribution in [0.4, 0.5) is 5.69 Å². The van der Waals surface area contributed by atoms with Crippen LogP contribution in [0, 0.1) is 6.92 Å². The summed E-state index contributed by atoms with van der Waals surface area (Å²) in [6, 6.07) is 13.3. The van der Waals surface area contributed by atoms with Crippen molar-refractivity contribution in [1.29, 1.82) is 0 Å². The van der Waals surface area contributed by atoms with E-state index in [4.69, 9.17) is 9.47 Å². The molecular weight excluding hydrogens is 466 g/mol. The summed E-state index contributed by atoms with van der Waals surface area (Å²) in [5.41, 5.74) is 2.85. The zero-order valence-corrected chi connectivity index (χ0v) is 21.4. The number of hydrogen-bond acceptors (Lipinski definition) is 7. The maximum atomic E-state index is 12.5. The summed E-state index contributed by atoms with van der Waals surface area (Å²) >= 11 is 1.26. The van der Waals surface area contributed by atoms with Gasteiger partial charge in [-0.05, 0) is 55.7 Å². The number of aryl methyl sites for hydroxylation is 2. The zero-order chi connectivity index (χ0) is 25.4. The van der Waals surface area contributed by atoms with Crippen molar-refractivity contribution in [2.45, 2.75) is 45.0 Å². The number of anilines is 1. The number of nitrogens with one attached hydrogen (secondary N) is 2. The average Bonchev–Trinajstić information content (AvgIpc) is 3.20. The van der Waals surface area contributed by atoms with Crippen LogP contribution in [0.3, 0.4) is 0 Å². The van der Waals surface area contributed by atoms with Crippen molar-refractivity contribution >= 4 is 29.3 Å². The first-order valence-electron chi connectivity index (χ1n) is 11.3. The first-order chi connectivity index (χ1) is 16.8. The van der Waals surface area contributed by atoms with E-state index < -0.39 is 6.10 Å². The molecule has 3 rings (SSSR count). The Bertz CT molecular complexity index is 1160. The van der Waals surface area contributed by atoms with Gasteiger partial charge in [-0.2, -0.15) is 0 Å². The molecule has 0 saturated heterocycles. The molecule has 0 unspecified atom stereocenters. The summed E-state index contributed by atoms with van der Waals surface area (Å²) in [5, 5.41) is 14.5. The monoisotopic (exact) mass is 497 g/mol. The van der Waals surface area contributed by atoms with E-state index in [1.807, 2.05) is 49.4 Å². The van der Waals surface area contributed by atoms with Crippen LogP contribution < -0.4 is 20.1 Å². The molecule has 2 aromatic carbocycles. The number of ether oxygens (including phenoxy) is 2. The van der Waals surface area contributed by atoms with Gasteiger partial charge in [0.1, 0.15) is 11.5 Å². The molecule has 0 saturated carbocycles. The maximum absolute atomic E-state index is 12.5. The molecule has 0 aliphatic rings. The Morgan fingerprint density at radius 3 is 2.57 bits per heavy atom. The van der Waals surface area contributed by atoms with Crippen LogP contribution in [0.2, 0.25) is 0 Å². The average molecular weight is 498 g/mol. The van der Waals surface area contributed by atoms with Crippen LogP contribution in [-0.4, -0.2) is 45.5 Å². The standard InChI is InChI=1S/C25H31N5O4S/c1-6-18-8-10-19(11-9-18)34-17(3)24(32)26-14-22-28-29-25(30(22)4)35-15-23(31)27-20-13-16(2)7-12-21(20)33-5/h7-13,17H,6,14-15H2,1-5H3,(H,26,32)(H,27,31)/t17-/m0/s1. The van der Waals surface area contributed by atoms with Gasteiger partial charge in [-0.25, -0.2) is 0 Å². The number of methoxy groups -OCH3 is 1. The number of amides is 2. The Labute approximate surface area is 209 Å². The molecule has 0 aliphatic carbocycles. The molecule has 0 radical (unpaired) electrons. The summed E-state index contributed by atoms with van der Waals surface area (Å²) in [6.07, 6.45) is 0.285. The van der Waals surface area contributed by atoms with Gasteiger partial charge in [-0.1, -0.05) is 36.9 Å². The van der Waals surface area contributed by atoms with E-state index in [1.165, 1.54) is 17.3 Å². The number of aromatic nitrogens is 3. The highest BCUT2D eigenvalue weighted by Crippen LogP contribution is 2.26. The van der Waals surface area contributed by atoms with Crippen LogP contribution in [0.25, 0.3) is 0 Å². The Morgan fingerprint density at radius 1 is 1.14 bits per heavy atom. The van der Waals surface area contributed by atoms with Gasteiger partial charge in [0.25, 0.3) is 5.91 Å². The summed E-state index contributed by atoms with van der Waals surface area (Å²) in [6.45, 7) is 5.92. The number of hydrogen-bond donors (Lipinski definition) is 2. The Balaban J connectivity index is 1.49. The van der Waals surface area contributed by atoms with Gasteiger partial charge in [0, 0.05) is 7.05 Å². The molecule has 3 aromatic rings. The third-order valence-electron chi connectivity index (χ3n) is 5.32. The molecule has 1 atom stereocenters. The molecule has 10 heteroatoms. The fourth-order valence-electron chi connectivity index (χ4n) is 3.23. The second kappa shape index (κ2) is 12.3. The van der Waals surface area contributed by atoms with Crippen molar-refractivity contribution in [2.75, 3.05) is 18.2 Å². The molecule has 1 aromatic heterocycles. The van der Waals surface area contributed by atoms with Crippen molar-refractivity contribution in [3.8, 4) is 11.5 Å². The normalized spacial score (nSPS) is 11.6. The van der Waals surface area contributed by atoms with Gasteiger partial charge in [-0.15, -0.1) is 10.2 Å². The topological polar surface area (TPSA) is 107 Å². The number of nitrogens with zero attached hydrogens (tertiary/aromatic N) is 3. The van der Waals surface area contributed by atoms with E-state index in [2.05, 4.69) is 27.8 Å². The molecule has 35 heavy (non-hydrogen) atoms. The molecular formula is C25H31N5O4S. The molecule has 2 amide bonds. The predicted octanol–water partition coefficient (Wildman–Crippen LogP) is 3.51. The van der Waals surface area contributed by atoms with Crippen LogP contribution >= 0.6 is 11.8 Å². The van der Waals surface area contributed by atoms with Crippen LogP contribution in [0.5, 0.6) is 11.5 Å². The molecule has 0 aliphatic heterocycles. The molecule has 0 bridgehead atoms. The maximum Gasteiger partial charge on any atom is 0.261 e. The Kier molecular flexibility index (Phi) is 9.13. The largest absolute Gasteiger partial charge is 0.495 e. The van der Waals surface area contributed by atoms with Crippen molar-refractivity contribution in [3.05, 3.63) is 59.4 Å². The van der Waals surface area contributed by atoms with E-state index in [1.54, 1.807) is 25.6 Å². The number of carbonyl (C=O) groups excluding carboxylic acids is 2. The zero-order valence-electron chi connectivity index (χ0n) is 20.6. The lowest BCUT2D eigenvalue weighted by molar-refractivity contribution is -0.127. The van der Waals surface area contributed by atoms with Crippen LogP contribution in [0.15, 0.2) is 47.6 Å². The fourth-order valence-corrected chi connectivity index (χ4v) is 3.96. The first-order valence-corrected chi connectivity index (χ1v) is 12.3. The van der Waals surface area contributed by atoms with Crippen molar-refractivity contribution in [3.63, 3.8) is 0 Å². The fraction of sp³-hybridized carbons (Fsp3) is 0.360. The number of benzene rings is 2. The summed E-state index contributed by atoms with van der Waals surface area (Å²) in [5.74, 6) is 1.52. The smallest absolute Gasteiger partial charge is 0.261 e. The third kappa shape index (κ3) is 7.22. The molecule has 0 fully saturated rings. The first kappa shape index (κ1) is 26.1. The SMILES string of the molecule is CCc1ccc(O[C@@H](C)C(=O)NCc2nnc(SCC(=O)Nc3cc(C)ccc3OC)n2C)cc1. The van der Waals surface area contributed by atoms with Gasteiger partial charge in [0.15, 0.2) is 17.1 Å². The quantitative estimate of drug-likeness (QED) is 0.390. The highest BCUT2D eigenvalue weighted by molar-refractivity contribution is 7.99.